The van der Waals surface area contributed by atoms with E-state index in [0.29, 0.717) is 13.2 Å². The molecule has 0 spiro atoms. The van der Waals surface area contributed by atoms with Gasteiger partial charge in [-0.25, -0.2) is 4.98 Å². The molecule has 0 aromatic carbocycles. The minimum atomic E-state index is 0.129. The van der Waals surface area contributed by atoms with Gasteiger partial charge in [0, 0.05) is 44.5 Å². The highest BCUT2D eigenvalue weighted by Crippen LogP contribution is 2.19. The molecule has 0 bridgehead atoms. The summed E-state index contributed by atoms with van der Waals surface area (Å²) in [6.45, 7) is 3.29. The maximum Gasteiger partial charge on any atom is 0.223 e. The molecule has 1 N–H and O–H groups in total. The number of piperidine rings is 1. The molecule has 114 valence electrons. The molecule has 0 aliphatic carbocycles. The van der Waals surface area contributed by atoms with Crippen LogP contribution < -0.4 is 10.2 Å². The summed E-state index contributed by atoms with van der Waals surface area (Å²) in [5.74, 6) is 1.33. The fraction of sp³-hybridized carbons (Fsp3) is 0.625. The Labute approximate surface area is 125 Å². The molecule has 1 atom stereocenters. The lowest BCUT2D eigenvalue weighted by Gasteiger charge is -2.35. The summed E-state index contributed by atoms with van der Waals surface area (Å²) in [5, 5.41) is 3.22. The van der Waals surface area contributed by atoms with Crippen LogP contribution in [0.4, 0.5) is 5.82 Å². The SMILES string of the molecule is O=C(N[C@@H]1CCCN(c2ccccn2)C1)C1CCOCC1. The standard InChI is InChI=1S/C16H23N3O2/c20-16(13-6-10-21-11-7-13)18-14-4-3-9-19(12-14)15-5-1-2-8-17-15/h1-2,5,8,13-14H,3-4,6-7,9-12H2,(H,18,20)/t14-/m1/s1. The summed E-state index contributed by atoms with van der Waals surface area (Å²) in [7, 11) is 0. The van der Waals surface area contributed by atoms with Crippen molar-refractivity contribution >= 4 is 11.7 Å². The van der Waals surface area contributed by atoms with Gasteiger partial charge in [-0.2, -0.15) is 0 Å². The van der Waals surface area contributed by atoms with E-state index in [1.165, 1.54) is 0 Å². The van der Waals surface area contributed by atoms with Crippen LogP contribution >= 0.6 is 0 Å². The molecule has 1 aromatic rings. The smallest absolute Gasteiger partial charge is 0.223 e. The Hall–Kier alpha value is -1.62. The van der Waals surface area contributed by atoms with Gasteiger partial charge in [0.05, 0.1) is 0 Å². The average molecular weight is 289 g/mol. The largest absolute Gasteiger partial charge is 0.381 e. The van der Waals surface area contributed by atoms with Crippen LogP contribution in [0.25, 0.3) is 0 Å². The molecule has 2 saturated heterocycles. The summed E-state index contributed by atoms with van der Waals surface area (Å²) >= 11 is 0. The first-order chi connectivity index (χ1) is 10.3. The Morgan fingerprint density at radius 2 is 2.14 bits per heavy atom. The van der Waals surface area contributed by atoms with Gasteiger partial charge in [-0.1, -0.05) is 6.07 Å². The molecule has 0 unspecified atom stereocenters. The minimum absolute atomic E-state index is 0.129. The number of anilines is 1. The highest BCUT2D eigenvalue weighted by molar-refractivity contribution is 5.79. The van der Waals surface area contributed by atoms with Gasteiger partial charge in [-0.05, 0) is 37.8 Å². The predicted molar refractivity (Wildman–Crippen MR) is 81.2 cm³/mol. The fourth-order valence-electron chi connectivity index (χ4n) is 3.12. The molecule has 2 fully saturated rings. The summed E-state index contributed by atoms with van der Waals surface area (Å²) in [5.41, 5.74) is 0. The number of nitrogens with one attached hydrogen (secondary N) is 1. The van der Waals surface area contributed by atoms with Crippen molar-refractivity contribution in [2.45, 2.75) is 31.7 Å². The monoisotopic (exact) mass is 289 g/mol. The zero-order valence-electron chi connectivity index (χ0n) is 12.3. The molecular weight excluding hydrogens is 266 g/mol. The molecule has 3 heterocycles. The predicted octanol–water partition coefficient (Wildman–Crippen LogP) is 1.59. The van der Waals surface area contributed by atoms with Crippen molar-refractivity contribution in [1.29, 1.82) is 0 Å². The molecule has 2 aliphatic rings. The van der Waals surface area contributed by atoms with Gasteiger partial charge in [0.15, 0.2) is 0 Å². The number of carbonyl (C=O) groups excluding carboxylic acids is 1. The molecular formula is C16H23N3O2. The molecule has 1 aromatic heterocycles. The van der Waals surface area contributed by atoms with E-state index in [9.17, 15) is 4.79 Å². The van der Waals surface area contributed by atoms with Crippen LogP contribution in [-0.4, -0.2) is 43.2 Å². The van der Waals surface area contributed by atoms with Gasteiger partial charge in [0.25, 0.3) is 0 Å². The highest BCUT2D eigenvalue weighted by atomic mass is 16.5. The lowest BCUT2D eigenvalue weighted by molar-refractivity contribution is -0.128. The summed E-state index contributed by atoms with van der Waals surface area (Å²) < 4.78 is 5.32. The Balaban J connectivity index is 1.55. The lowest BCUT2D eigenvalue weighted by Crippen LogP contribution is -2.50. The number of ether oxygens (including phenoxy) is 1. The second kappa shape index (κ2) is 6.89. The van der Waals surface area contributed by atoms with E-state index < -0.39 is 0 Å². The van der Waals surface area contributed by atoms with Gasteiger partial charge < -0.3 is 15.0 Å². The number of aromatic nitrogens is 1. The van der Waals surface area contributed by atoms with Gasteiger partial charge in [-0.15, -0.1) is 0 Å². The summed E-state index contributed by atoms with van der Waals surface area (Å²) in [4.78, 5) is 19.0. The topological polar surface area (TPSA) is 54.5 Å². The first-order valence-electron chi connectivity index (χ1n) is 7.87. The molecule has 0 radical (unpaired) electrons. The van der Waals surface area contributed by atoms with Crippen molar-refractivity contribution in [2.75, 3.05) is 31.2 Å². The Morgan fingerprint density at radius 3 is 2.90 bits per heavy atom. The van der Waals surface area contributed by atoms with E-state index in [1.807, 2.05) is 24.4 Å². The molecule has 21 heavy (non-hydrogen) atoms. The number of rotatable bonds is 3. The van der Waals surface area contributed by atoms with Crippen molar-refractivity contribution in [3.8, 4) is 0 Å². The van der Waals surface area contributed by atoms with Gasteiger partial charge in [0.1, 0.15) is 5.82 Å². The Bertz CT molecular complexity index is 460. The maximum atomic E-state index is 12.3. The van der Waals surface area contributed by atoms with Crippen LogP contribution in [0.15, 0.2) is 24.4 Å². The number of pyridine rings is 1. The number of carbonyl (C=O) groups is 1. The summed E-state index contributed by atoms with van der Waals surface area (Å²) in [6.07, 6.45) is 5.66. The first-order valence-corrected chi connectivity index (χ1v) is 7.87. The van der Waals surface area contributed by atoms with Crippen molar-refractivity contribution in [1.82, 2.24) is 10.3 Å². The lowest BCUT2D eigenvalue weighted by atomic mass is 9.98. The highest BCUT2D eigenvalue weighted by Gasteiger charge is 2.26. The third kappa shape index (κ3) is 3.73. The van der Waals surface area contributed by atoms with Gasteiger partial charge >= 0.3 is 0 Å². The zero-order valence-corrected chi connectivity index (χ0v) is 12.3. The van der Waals surface area contributed by atoms with Gasteiger partial charge in [-0.3, -0.25) is 4.79 Å². The van der Waals surface area contributed by atoms with Crippen LogP contribution in [0, 0.1) is 5.92 Å². The molecule has 0 saturated carbocycles. The fourth-order valence-corrected chi connectivity index (χ4v) is 3.12. The number of hydrogen-bond donors (Lipinski definition) is 1. The van der Waals surface area contributed by atoms with Crippen LogP contribution in [0.3, 0.4) is 0 Å². The van der Waals surface area contributed by atoms with Crippen molar-refractivity contribution in [3.05, 3.63) is 24.4 Å². The third-order valence-electron chi connectivity index (χ3n) is 4.33. The molecule has 2 aliphatic heterocycles. The van der Waals surface area contributed by atoms with E-state index >= 15 is 0 Å². The number of nitrogens with zero attached hydrogens (tertiary/aromatic N) is 2. The van der Waals surface area contributed by atoms with Crippen molar-refractivity contribution in [2.24, 2.45) is 5.92 Å². The van der Waals surface area contributed by atoms with E-state index in [-0.39, 0.29) is 17.9 Å². The maximum absolute atomic E-state index is 12.3. The van der Waals surface area contributed by atoms with E-state index in [2.05, 4.69) is 15.2 Å². The van der Waals surface area contributed by atoms with Crippen LogP contribution in [0.1, 0.15) is 25.7 Å². The molecule has 3 rings (SSSR count). The van der Waals surface area contributed by atoms with Crippen molar-refractivity contribution < 1.29 is 9.53 Å². The Morgan fingerprint density at radius 1 is 1.29 bits per heavy atom. The Kier molecular flexibility index (Phi) is 4.70. The normalized spacial score (nSPS) is 23.8. The second-order valence-corrected chi connectivity index (χ2v) is 5.87. The van der Waals surface area contributed by atoms with E-state index in [4.69, 9.17) is 4.74 Å². The average Bonchev–Trinajstić information content (AvgIpc) is 2.57. The third-order valence-corrected chi connectivity index (χ3v) is 4.33. The zero-order chi connectivity index (χ0) is 14.5. The minimum Gasteiger partial charge on any atom is -0.381 e. The van der Waals surface area contributed by atoms with Crippen LogP contribution in [-0.2, 0) is 9.53 Å². The van der Waals surface area contributed by atoms with E-state index in [0.717, 1.165) is 44.6 Å². The van der Waals surface area contributed by atoms with Crippen LogP contribution in [0.2, 0.25) is 0 Å². The number of amides is 1. The number of hydrogen-bond acceptors (Lipinski definition) is 4. The van der Waals surface area contributed by atoms with Crippen LogP contribution in [0.5, 0.6) is 0 Å². The molecule has 5 nitrogen and oxygen atoms in total. The molecule has 1 amide bonds. The summed E-state index contributed by atoms with van der Waals surface area (Å²) in [6, 6.07) is 6.20. The quantitative estimate of drug-likeness (QED) is 0.918. The first kappa shape index (κ1) is 14.3. The second-order valence-electron chi connectivity index (χ2n) is 5.87. The molecule has 5 heteroatoms. The van der Waals surface area contributed by atoms with Crippen molar-refractivity contribution in [3.63, 3.8) is 0 Å². The van der Waals surface area contributed by atoms with E-state index in [1.54, 1.807) is 0 Å². The van der Waals surface area contributed by atoms with Gasteiger partial charge in [0.2, 0.25) is 5.91 Å².